The molecular weight excluding hydrogens is 362 g/mol. The third-order valence-corrected chi connectivity index (χ3v) is 5.77. The van der Waals surface area contributed by atoms with E-state index in [1.807, 2.05) is 43.3 Å². The van der Waals surface area contributed by atoms with E-state index in [0.717, 1.165) is 29.1 Å². The summed E-state index contributed by atoms with van der Waals surface area (Å²) in [4.78, 5) is 25.1. The van der Waals surface area contributed by atoms with Gasteiger partial charge in [0.05, 0.1) is 19.8 Å². The Morgan fingerprint density at radius 2 is 1.93 bits per heavy atom. The first-order chi connectivity index (χ1) is 13.1. The number of nitrogens with one attached hydrogen (secondary N) is 1. The molecule has 142 valence electrons. The topological polar surface area (TPSA) is 64.6 Å². The average molecular weight is 385 g/mol. The standard InChI is InChI=1S/C21H23NO4S/c1-3-18(14-4-8-16(25-2)9-5-14)22-20(23)15-6-10-17(11-7-15)27-19-12-13-26-21(19)24/h4-11,18-19H,3,12-13H2,1-2H3,(H,22,23). The Bertz CT molecular complexity index is 789. The second kappa shape index (κ2) is 8.95. The van der Waals surface area contributed by atoms with Crippen molar-refractivity contribution in [2.75, 3.05) is 13.7 Å². The lowest BCUT2D eigenvalue weighted by Gasteiger charge is -2.18. The van der Waals surface area contributed by atoms with Gasteiger partial charge < -0.3 is 14.8 Å². The van der Waals surface area contributed by atoms with Crippen molar-refractivity contribution in [1.82, 2.24) is 5.32 Å². The molecule has 2 aromatic rings. The van der Waals surface area contributed by atoms with Crippen molar-refractivity contribution in [2.24, 2.45) is 0 Å². The van der Waals surface area contributed by atoms with Crippen LogP contribution in [-0.4, -0.2) is 30.8 Å². The van der Waals surface area contributed by atoms with E-state index in [0.29, 0.717) is 12.2 Å². The van der Waals surface area contributed by atoms with Crippen molar-refractivity contribution in [2.45, 2.75) is 36.0 Å². The fourth-order valence-electron chi connectivity index (χ4n) is 2.93. The summed E-state index contributed by atoms with van der Waals surface area (Å²) in [5, 5.41) is 2.93. The van der Waals surface area contributed by atoms with Crippen LogP contribution in [0.3, 0.4) is 0 Å². The number of thioether (sulfide) groups is 1. The molecule has 1 saturated heterocycles. The third-order valence-electron chi connectivity index (χ3n) is 4.51. The molecule has 0 spiro atoms. The van der Waals surface area contributed by atoms with Crippen molar-refractivity contribution in [3.05, 3.63) is 59.7 Å². The number of methoxy groups -OCH3 is 1. The Labute approximate surface area is 163 Å². The van der Waals surface area contributed by atoms with Crippen LogP contribution in [0.5, 0.6) is 5.75 Å². The van der Waals surface area contributed by atoms with E-state index in [2.05, 4.69) is 5.32 Å². The Morgan fingerprint density at radius 3 is 2.48 bits per heavy atom. The summed E-state index contributed by atoms with van der Waals surface area (Å²) in [6.45, 7) is 2.52. The van der Waals surface area contributed by atoms with Crippen LogP contribution >= 0.6 is 11.8 Å². The summed E-state index contributed by atoms with van der Waals surface area (Å²) < 4.78 is 10.2. The zero-order chi connectivity index (χ0) is 19.2. The average Bonchev–Trinajstić information content (AvgIpc) is 3.11. The molecule has 1 N–H and O–H groups in total. The number of benzene rings is 2. The van der Waals surface area contributed by atoms with Gasteiger partial charge in [-0.15, -0.1) is 11.8 Å². The Kier molecular flexibility index (Phi) is 6.40. The van der Waals surface area contributed by atoms with E-state index in [1.165, 1.54) is 11.8 Å². The highest BCUT2D eigenvalue weighted by atomic mass is 32.2. The minimum Gasteiger partial charge on any atom is -0.497 e. The summed E-state index contributed by atoms with van der Waals surface area (Å²) in [6.07, 6.45) is 1.52. The maximum atomic E-state index is 12.6. The molecule has 0 aromatic heterocycles. The van der Waals surface area contributed by atoms with Crippen LogP contribution < -0.4 is 10.1 Å². The van der Waals surface area contributed by atoms with Crippen molar-refractivity contribution in [3.63, 3.8) is 0 Å². The lowest BCUT2D eigenvalue weighted by molar-refractivity contribution is -0.137. The molecule has 0 radical (unpaired) electrons. The van der Waals surface area contributed by atoms with Crippen LogP contribution in [0.15, 0.2) is 53.4 Å². The van der Waals surface area contributed by atoms with Crippen molar-refractivity contribution in [1.29, 1.82) is 0 Å². The van der Waals surface area contributed by atoms with Crippen LogP contribution in [0, 0.1) is 0 Å². The van der Waals surface area contributed by atoms with Crippen LogP contribution in [0.4, 0.5) is 0 Å². The molecule has 5 nitrogen and oxygen atoms in total. The highest BCUT2D eigenvalue weighted by Crippen LogP contribution is 2.29. The van der Waals surface area contributed by atoms with E-state index in [1.54, 1.807) is 19.2 Å². The van der Waals surface area contributed by atoms with E-state index in [9.17, 15) is 9.59 Å². The number of hydrogen-bond acceptors (Lipinski definition) is 5. The minimum atomic E-state index is -0.160. The molecule has 0 saturated carbocycles. The lowest BCUT2D eigenvalue weighted by atomic mass is 10.0. The van der Waals surface area contributed by atoms with E-state index < -0.39 is 0 Å². The zero-order valence-corrected chi connectivity index (χ0v) is 16.3. The highest BCUT2D eigenvalue weighted by molar-refractivity contribution is 8.00. The predicted octanol–water partition coefficient (Wildman–Crippen LogP) is 3.98. The molecule has 6 heteroatoms. The Hall–Kier alpha value is -2.47. The van der Waals surface area contributed by atoms with Crippen LogP contribution in [-0.2, 0) is 9.53 Å². The zero-order valence-electron chi connectivity index (χ0n) is 15.4. The Morgan fingerprint density at radius 1 is 1.22 bits per heavy atom. The number of esters is 1. The monoisotopic (exact) mass is 385 g/mol. The van der Waals surface area contributed by atoms with Gasteiger partial charge in [0.2, 0.25) is 0 Å². The molecular formula is C21H23NO4S. The first-order valence-corrected chi connectivity index (χ1v) is 9.87. The van der Waals surface area contributed by atoms with Gasteiger partial charge in [-0.3, -0.25) is 9.59 Å². The second-order valence-corrected chi connectivity index (χ2v) is 7.57. The second-order valence-electron chi connectivity index (χ2n) is 6.29. The van der Waals surface area contributed by atoms with Crippen LogP contribution in [0.2, 0.25) is 0 Å². The van der Waals surface area contributed by atoms with Gasteiger partial charge in [0.25, 0.3) is 5.91 Å². The number of cyclic esters (lactones) is 1. The van der Waals surface area contributed by atoms with Gasteiger partial charge in [-0.05, 0) is 48.4 Å². The summed E-state index contributed by atoms with van der Waals surface area (Å²) in [5.74, 6) is 0.515. The maximum absolute atomic E-state index is 12.6. The summed E-state index contributed by atoms with van der Waals surface area (Å²) in [7, 11) is 1.63. The number of ether oxygens (including phenoxy) is 2. The summed E-state index contributed by atoms with van der Waals surface area (Å²) in [5.41, 5.74) is 1.64. The third kappa shape index (κ3) is 4.83. The molecule has 2 unspecified atom stereocenters. The molecule has 1 aliphatic rings. The number of hydrogen-bond donors (Lipinski definition) is 1. The van der Waals surface area contributed by atoms with E-state index in [-0.39, 0.29) is 23.2 Å². The van der Waals surface area contributed by atoms with E-state index in [4.69, 9.17) is 9.47 Å². The molecule has 2 atom stereocenters. The SMILES string of the molecule is CCC(NC(=O)c1ccc(SC2CCOC2=O)cc1)c1ccc(OC)cc1. The van der Waals surface area contributed by atoms with Gasteiger partial charge in [0, 0.05) is 16.9 Å². The summed E-state index contributed by atoms with van der Waals surface area (Å²) in [6, 6.07) is 15.0. The fraction of sp³-hybridized carbons (Fsp3) is 0.333. The van der Waals surface area contributed by atoms with Gasteiger partial charge in [-0.25, -0.2) is 0 Å². The van der Waals surface area contributed by atoms with E-state index >= 15 is 0 Å². The van der Waals surface area contributed by atoms with Crippen LogP contribution in [0.1, 0.15) is 41.7 Å². The number of amides is 1. The lowest BCUT2D eigenvalue weighted by Crippen LogP contribution is -2.28. The first kappa shape index (κ1) is 19.3. The largest absolute Gasteiger partial charge is 0.497 e. The van der Waals surface area contributed by atoms with Crippen molar-refractivity contribution in [3.8, 4) is 5.75 Å². The highest BCUT2D eigenvalue weighted by Gasteiger charge is 2.27. The Balaban J connectivity index is 1.62. The molecule has 1 amide bonds. The molecule has 1 aliphatic heterocycles. The molecule has 1 fully saturated rings. The molecule has 2 aromatic carbocycles. The number of carbonyl (C=O) groups is 2. The van der Waals surface area contributed by atoms with Gasteiger partial charge in [-0.1, -0.05) is 19.1 Å². The number of carbonyl (C=O) groups excluding carboxylic acids is 2. The molecule has 1 heterocycles. The predicted molar refractivity (Wildman–Crippen MR) is 105 cm³/mol. The molecule has 0 aliphatic carbocycles. The van der Waals surface area contributed by atoms with Gasteiger partial charge >= 0.3 is 5.97 Å². The van der Waals surface area contributed by atoms with Crippen molar-refractivity contribution < 1.29 is 19.1 Å². The fourth-order valence-corrected chi connectivity index (χ4v) is 3.93. The minimum absolute atomic E-state index is 0.0642. The first-order valence-electron chi connectivity index (χ1n) is 8.99. The molecule has 27 heavy (non-hydrogen) atoms. The number of rotatable bonds is 7. The normalized spacial score (nSPS) is 17.3. The molecule has 0 bridgehead atoms. The molecule has 3 rings (SSSR count). The van der Waals surface area contributed by atoms with Gasteiger partial charge in [-0.2, -0.15) is 0 Å². The van der Waals surface area contributed by atoms with Crippen LogP contribution in [0.25, 0.3) is 0 Å². The smallest absolute Gasteiger partial charge is 0.319 e. The quantitative estimate of drug-likeness (QED) is 0.730. The van der Waals surface area contributed by atoms with Gasteiger partial charge in [0.1, 0.15) is 11.0 Å². The maximum Gasteiger partial charge on any atom is 0.319 e. The van der Waals surface area contributed by atoms with Gasteiger partial charge in [0.15, 0.2) is 0 Å². The van der Waals surface area contributed by atoms with Crippen molar-refractivity contribution >= 4 is 23.6 Å². The summed E-state index contributed by atoms with van der Waals surface area (Å²) >= 11 is 1.48.